The van der Waals surface area contributed by atoms with Crippen molar-refractivity contribution in [2.24, 2.45) is 0 Å². The molecule has 2 aromatic carbocycles. The topological polar surface area (TPSA) is 106 Å². The summed E-state index contributed by atoms with van der Waals surface area (Å²) in [6, 6.07) is 12.8. The van der Waals surface area contributed by atoms with E-state index in [1.54, 1.807) is 24.3 Å². The van der Waals surface area contributed by atoms with E-state index in [0.717, 1.165) is 66.5 Å². The Labute approximate surface area is 227 Å². The average Bonchev–Trinajstić information content (AvgIpc) is 3.68. The maximum absolute atomic E-state index is 12.0. The van der Waals surface area contributed by atoms with E-state index in [2.05, 4.69) is 20.3 Å². The fourth-order valence-corrected chi connectivity index (χ4v) is 5.51. The van der Waals surface area contributed by atoms with Crippen molar-refractivity contribution in [2.45, 2.75) is 44.3 Å². The van der Waals surface area contributed by atoms with Gasteiger partial charge in [0.25, 0.3) is 5.56 Å². The zero-order valence-corrected chi connectivity index (χ0v) is 21.9. The average molecular weight is 554 g/mol. The molecule has 1 aliphatic carbocycles. The van der Waals surface area contributed by atoms with Gasteiger partial charge in [-0.3, -0.25) is 4.79 Å². The van der Waals surface area contributed by atoms with Gasteiger partial charge >= 0.3 is 5.69 Å². The molecule has 38 heavy (non-hydrogen) atoms. The van der Waals surface area contributed by atoms with E-state index in [1.165, 1.54) is 0 Å². The molecule has 0 amide bonds. The molecule has 3 heterocycles. The Bertz CT molecular complexity index is 1520. The first-order valence-electron chi connectivity index (χ1n) is 12.6. The molecule has 1 saturated heterocycles. The van der Waals surface area contributed by atoms with E-state index in [9.17, 15) is 9.59 Å². The van der Waals surface area contributed by atoms with E-state index in [1.807, 2.05) is 18.2 Å². The monoisotopic (exact) mass is 553 g/mol. The number of benzene rings is 2. The van der Waals surface area contributed by atoms with Crippen molar-refractivity contribution in [2.75, 3.05) is 18.0 Å². The molecule has 0 unspecified atom stereocenters. The number of piperidine rings is 1. The van der Waals surface area contributed by atoms with E-state index in [0.29, 0.717) is 39.5 Å². The fourth-order valence-electron chi connectivity index (χ4n) is 4.94. The van der Waals surface area contributed by atoms with Crippen molar-refractivity contribution in [1.82, 2.24) is 19.9 Å². The van der Waals surface area contributed by atoms with Crippen LogP contribution in [0, 0.1) is 0 Å². The summed E-state index contributed by atoms with van der Waals surface area (Å²) in [6.07, 6.45) is 5.06. The third-order valence-corrected chi connectivity index (χ3v) is 7.73. The van der Waals surface area contributed by atoms with Crippen LogP contribution in [-0.2, 0) is 11.3 Å². The smallest absolute Gasteiger partial charge is 0.349 e. The van der Waals surface area contributed by atoms with Gasteiger partial charge in [-0.25, -0.2) is 14.5 Å². The zero-order chi connectivity index (χ0) is 26.2. The molecule has 2 aliphatic rings. The first kappa shape index (κ1) is 24.9. The quantitative estimate of drug-likeness (QED) is 0.345. The summed E-state index contributed by atoms with van der Waals surface area (Å²) in [7, 11) is 0. The summed E-state index contributed by atoms with van der Waals surface area (Å²) in [5.41, 5.74) is 2.75. The van der Waals surface area contributed by atoms with Gasteiger partial charge in [-0.2, -0.15) is 5.10 Å². The van der Waals surface area contributed by atoms with Crippen molar-refractivity contribution in [3.63, 3.8) is 0 Å². The Hall–Kier alpha value is -3.40. The van der Waals surface area contributed by atoms with E-state index < -0.39 is 11.2 Å². The Morgan fingerprint density at radius 3 is 2.32 bits per heavy atom. The second kappa shape index (κ2) is 10.4. The SMILES string of the molecule is O=c1cn[nH]c(=O)n1-c1ccc(N2CCC(OCc3c(-c4c(Cl)cccc4Cl)noc3C3CC3)CC2)cc1. The van der Waals surface area contributed by atoms with Gasteiger partial charge in [0.2, 0.25) is 0 Å². The lowest BCUT2D eigenvalue weighted by Gasteiger charge is -2.33. The molecule has 1 saturated carbocycles. The molecule has 0 spiro atoms. The van der Waals surface area contributed by atoms with Crippen molar-refractivity contribution in [1.29, 1.82) is 0 Å². The molecule has 2 fully saturated rings. The lowest BCUT2D eigenvalue weighted by molar-refractivity contribution is 0.0246. The van der Waals surface area contributed by atoms with Crippen LogP contribution in [0.5, 0.6) is 0 Å². The van der Waals surface area contributed by atoms with E-state index in [-0.39, 0.29) is 6.10 Å². The Morgan fingerprint density at radius 2 is 1.66 bits per heavy atom. The van der Waals surface area contributed by atoms with Crippen LogP contribution in [0.4, 0.5) is 5.69 Å². The summed E-state index contributed by atoms with van der Waals surface area (Å²) in [5, 5.41) is 11.2. The Kier molecular flexibility index (Phi) is 6.82. The largest absolute Gasteiger partial charge is 0.373 e. The maximum Gasteiger partial charge on any atom is 0.349 e. The van der Waals surface area contributed by atoms with Gasteiger partial charge in [0, 0.05) is 35.8 Å². The fraction of sp³-hybridized carbons (Fsp3) is 0.333. The minimum atomic E-state index is -0.569. The number of nitrogens with zero attached hydrogens (tertiary/aromatic N) is 4. The van der Waals surface area contributed by atoms with Gasteiger partial charge in [-0.05, 0) is 62.1 Å². The number of aromatic amines is 1. The number of ether oxygens (including phenoxy) is 1. The molecule has 0 atom stereocenters. The van der Waals surface area contributed by atoms with Gasteiger partial charge in [0.05, 0.1) is 28.4 Å². The molecule has 11 heteroatoms. The van der Waals surface area contributed by atoms with Crippen LogP contribution >= 0.6 is 23.2 Å². The molecular formula is C27H25Cl2N5O4. The molecule has 4 aromatic rings. The van der Waals surface area contributed by atoms with Crippen molar-refractivity contribution < 1.29 is 9.26 Å². The van der Waals surface area contributed by atoms with Crippen LogP contribution in [0.1, 0.15) is 42.9 Å². The van der Waals surface area contributed by atoms with Crippen LogP contribution < -0.4 is 16.1 Å². The van der Waals surface area contributed by atoms with Crippen molar-refractivity contribution in [3.8, 4) is 16.9 Å². The number of nitrogens with one attached hydrogen (secondary N) is 1. The highest BCUT2D eigenvalue weighted by molar-refractivity contribution is 6.39. The summed E-state index contributed by atoms with van der Waals surface area (Å²) in [6.45, 7) is 2.03. The molecule has 196 valence electrons. The van der Waals surface area contributed by atoms with Crippen LogP contribution in [0.25, 0.3) is 16.9 Å². The minimum absolute atomic E-state index is 0.0935. The highest BCUT2D eigenvalue weighted by atomic mass is 35.5. The lowest BCUT2D eigenvalue weighted by atomic mass is 10.0. The zero-order valence-electron chi connectivity index (χ0n) is 20.4. The molecule has 2 aromatic heterocycles. The number of anilines is 1. The summed E-state index contributed by atoms with van der Waals surface area (Å²) in [4.78, 5) is 26.3. The number of H-pyrrole nitrogens is 1. The van der Waals surface area contributed by atoms with Crippen LogP contribution in [-0.4, -0.2) is 39.1 Å². The third kappa shape index (κ3) is 4.89. The summed E-state index contributed by atoms with van der Waals surface area (Å²) < 4.78 is 13.2. The Morgan fingerprint density at radius 1 is 0.974 bits per heavy atom. The highest BCUT2D eigenvalue weighted by Crippen LogP contribution is 2.46. The Balaban J connectivity index is 1.12. The van der Waals surface area contributed by atoms with Crippen molar-refractivity contribution >= 4 is 28.9 Å². The molecular weight excluding hydrogens is 529 g/mol. The first-order valence-corrected chi connectivity index (χ1v) is 13.3. The predicted molar refractivity (Wildman–Crippen MR) is 144 cm³/mol. The van der Waals surface area contributed by atoms with Gasteiger partial charge in [-0.1, -0.05) is 34.4 Å². The van der Waals surface area contributed by atoms with Crippen LogP contribution in [0.3, 0.4) is 0 Å². The summed E-state index contributed by atoms with van der Waals surface area (Å²) >= 11 is 12.9. The van der Waals surface area contributed by atoms with E-state index >= 15 is 0 Å². The van der Waals surface area contributed by atoms with Gasteiger partial charge < -0.3 is 14.2 Å². The second-order valence-electron chi connectivity index (χ2n) is 9.61. The molecule has 1 N–H and O–H groups in total. The number of rotatable bonds is 7. The van der Waals surface area contributed by atoms with Crippen LogP contribution in [0.15, 0.2) is 62.8 Å². The van der Waals surface area contributed by atoms with Crippen molar-refractivity contribution in [3.05, 3.63) is 90.9 Å². The predicted octanol–water partition coefficient (Wildman–Crippen LogP) is 4.95. The van der Waals surface area contributed by atoms with Gasteiger partial charge in [-0.15, -0.1) is 0 Å². The molecule has 1 aliphatic heterocycles. The van der Waals surface area contributed by atoms with Gasteiger partial charge in [0.15, 0.2) is 0 Å². The summed E-state index contributed by atoms with van der Waals surface area (Å²) in [5.74, 6) is 1.25. The molecule has 6 rings (SSSR count). The molecule has 0 bridgehead atoms. The van der Waals surface area contributed by atoms with Crippen LogP contribution in [0.2, 0.25) is 10.0 Å². The number of aromatic nitrogens is 4. The third-order valence-electron chi connectivity index (χ3n) is 7.10. The lowest BCUT2D eigenvalue weighted by Crippen LogP contribution is -2.37. The normalized spacial score (nSPS) is 16.2. The number of hydrogen-bond acceptors (Lipinski definition) is 7. The molecule has 0 radical (unpaired) electrons. The number of hydrogen-bond donors (Lipinski definition) is 1. The maximum atomic E-state index is 12.0. The second-order valence-corrected chi connectivity index (χ2v) is 10.4. The number of halogens is 2. The van der Waals surface area contributed by atoms with Gasteiger partial charge in [0.1, 0.15) is 17.7 Å². The highest BCUT2D eigenvalue weighted by Gasteiger charge is 2.34. The van der Waals surface area contributed by atoms with E-state index in [4.69, 9.17) is 32.5 Å². The molecule has 9 nitrogen and oxygen atoms in total. The minimum Gasteiger partial charge on any atom is -0.373 e. The first-order chi connectivity index (χ1) is 18.5. The standard InChI is InChI=1S/C27H25Cl2N5O4/c28-21-2-1-3-22(29)24(21)25-20(26(38-32-25)16-4-5-16)15-37-19-10-12-33(13-11-19)17-6-8-18(9-7-17)34-23(35)14-30-31-27(34)36/h1-3,6-9,14,16,19H,4-5,10-13,15H2,(H,31,36).